The molecule has 0 N–H and O–H groups in total. The Hall–Kier alpha value is -3.48. The molecule has 0 amide bonds. The molecular formula is C26H18ClN5S. The molecule has 1 unspecified atom stereocenters. The van der Waals surface area contributed by atoms with Crippen LogP contribution in [0.25, 0.3) is 16.7 Å². The topological polar surface area (TPSA) is 56.0 Å². The number of hydrogen-bond acceptors (Lipinski definition) is 5. The third-order valence-corrected chi connectivity index (χ3v) is 7.22. The fourth-order valence-corrected chi connectivity index (χ4v) is 5.43. The van der Waals surface area contributed by atoms with Gasteiger partial charge in [0.1, 0.15) is 12.7 Å². The zero-order valence-corrected chi connectivity index (χ0v) is 19.0. The van der Waals surface area contributed by atoms with Crippen molar-refractivity contribution in [2.24, 2.45) is 4.99 Å². The van der Waals surface area contributed by atoms with E-state index in [4.69, 9.17) is 21.6 Å². The molecule has 3 aromatic carbocycles. The van der Waals surface area contributed by atoms with E-state index in [0.717, 1.165) is 50.6 Å². The van der Waals surface area contributed by atoms with Crippen LogP contribution in [0, 0.1) is 0 Å². The van der Waals surface area contributed by atoms with Gasteiger partial charge in [0.2, 0.25) is 0 Å². The Kier molecular flexibility index (Phi) is 5.17. The second-order valence-electron chi connectivity index (χ2n) is 7.78. The minimum absolute atomic E-state index is 0.0828. The van der Waals surface area contributed by atoms with Crippen molar-refractivity contribution in [3.63, 3.8) is 0 Å². The van der Waals surface area contributed by atoms with Gasteiger partial charge in [-0.25, -0.2) is 14.6 Å². The first-order valence-corrected chi connectivity index (χ1v) is 11.8. The molecular weight excluding hydrogens is 450 g/mol. The van der Waals surface area contributed by atoms with Crippen molar-refractivity contribution in [3.05, 3.63) is 108 Å². The standard InChI is InChI=1S/C26H18ClN5S/c27-19-11-9-17(10-12-19)23-14-25(33-24-8-4-3-7-22(24)30-23)20-13-18-5-1-2-6-21(18)31-26(20)32-16-28-15-29-32/h1-13,15-16,25H,14H2. The van der Waals surface area contributed by atoms with Gasteiger partial charge in [0.05, 0.1) is 11.2 Å². The maximum absolute atomic E-state index is 6.15. The van der Waals surface area contributed by atoms with E-state index in [1.165, 1.54) is 6.33 Å². The van der Waals surface area contributed by atoms with Gasteiger partial charge in [0.15, 0.2) is 5.82 Å². The lowest BCUT2D eigenvalue weighted by Gasteiger charge is -2.19. The van der Waals surface area contributed by atoms with Crippen LogP contribution in [-0.2, 0) is 0 Å². The lowest BCUT2D eigenvalue weighted by atomic mass is 10.0. The van der Waals surface area contributed by atoms with E-state index in [1.807, 2.05) is 60.3 Å². The van der Waals surface area contributed by atoms with Crippen molar-refractivity contribution in [3.8, 4) is 5.82 Å². The van der Waals surface area contributed by atoms with E-state index in [1.54, 1.807) is 11.0 Å². The number of para-hydroxylation sites is 2. The highest BCUT2D eigenvalue weighted by Gasteiger charge is 2.26. The molecule has 0 spiro atoms. The van der Waals surface area contributed by atoms with Crippen molar-refractivity contribution < 1.29 is 0 Å². The highest BCUT2D eigenvalue weighted by atomic mass is 35.5. The number of aliphatic imine (C=N–C) groups is 1. The quantitative estimate of drug-likeness (QED) is 0.292. The van der Waals surface area contributed by atoms with Crippen molar-refractivity contribution in [1.82, 2.24) is 19.7 Å². The van der Waals surface area contributed by atoms with Gasteiger partial charge in [-0.05, 0) is 42.0 Å². The second kappa shape index (κ2) is 8.46. The summed E-state index contributed by atoms with van der Waals surface area (Å²) in [6.07, 6.45) is 3.98. The van der Waals surface area contributed by atoms with Crippen LogP contribution in [0.1, 0.15) is 22.8 Å². The second-order valence-corrected chi connectivity index (χ2v) is 9.46. The lowest BCUT2D eigenvalue weighted by Crippen LogP contribution is -2.10. The maximum Gasteiger partial charge on any atom is 0.160 e. The van der Waals surface area contributed by atoms with E-state index in [-0.39, 0.29) is 5.25 Å². The first-order chi connectivity index (χ1) is 16.2. The lowest BCUT2D eigenvalue weighted by molar-refractivity contribution is 0.824. The van der Waals surface area contributed by atoms with Crippen molar-refractivity contribution in [1.29, 1.82) is 0 Å². The van der Waals surface area contributed by atoms with Gasteiger partial charge in [0, 0.05) is 38.3 Å². The number of rotatable bonds is 3. The van der Waals surface area contributed by atoms with E-state index in [2.05, 4.69) is 40.4 Å². The Morgan fingerprint density at radius 1 is 0.939 bits per heavy atom. The van der Waals surface area contributed by atoms with Gasteiger partial charge < -0.3 is 0 Å². The molecule has 33 heavy (non-hydrogen) atoms. The molecule has 5 aromatic rings. The minimum atomic E-state index is 0.0828. The monoisotopic (exact) mass is 467 g/mol. The summed E-state index contributed by atoms with van der Waals surface area (Å²) in [5, 5.41) is 6.29. The van der Waals surface area contributed by atoms with Gasteiger partial charge in [-0.1, -0.05) is 54.1 Å². The summed E-state index contributed by atoms with van der Waals surface area (Å²) >= 11 is 7.96. The molecule has 5 nitrogen and oxygen atoms in total. The van der Waals surface area contributed by atoms with Gasteiger partial charge in [-0.15, -0.1) is 11.8 Å². The third kappa shape index (κ3) is 3.92. The van der Waals surface area contributed by atoms with Crippen LogP contribution in [-0.4, -0.2) is 25.5 Å². The molecule has 1 atom stereocenters. The number of fused-ring (bicyclic) bond motifs is 2. The Morgan fingerprint density at radius 2 is 1.76 bits per heavy atom. The number of thioether (sulfide) groups is 1. The largest absolute Gasteiger partial charge is 0.252 e. The summed E-state index contributed by atoms with van der Waals surface area (Å²) in [4.78, 5) is 15.3. The summed E-state index contributed by atoms with van der Waals surface area (Å²) < 4.78 is 1.75. The molecule has 0 saturated heterocycles. The van der Waals surface area contributed by atoms with E-state index in [0.29, 0.717) is 5.02 Å². The molecule has 1 aliphatic rings. The van der Waals surface area contributed by atoms with Crippen molar-refractivity contribution in [2.45, 2.75) is 16.6 Å². The molecule has 160 valence electrons. The van der Waals surface area contributed by atoms with Crippen LogP contribution in [0.15, 0.2) is 101 Å². The molecule has 1 aliphatic heterocycles. The number of aromatic nitrogens is 4. The molecule has 0 bridgehead atoms. The highest BCUT2D eigenvalue weighted by Crippen LogP contribution is 2.47. The Labute approximate surface area is 200 Å². The average molecular weight is 468 g/mol. The highest BCUT2D eigenvalue weighted by molar-refractivity contribution is 7.99. The Bertz CT molecular complexity index is 1480. The van der Waals surface area contributed by atoms with Crippen LogP contribution in [0.2, 0.25) is 5.02 Å². The van der Waals surface area contributed by atoms with Crippen molar-refractivity contribution in [2.75, 3.05) is 0 Å². The Balaban J connectivity index is 1.54. The van der Waals surface area contributed by atoms with Gasteiger partial charge in [-0.3, -0.25) is 4.99 Å². The minimum Gasteiger partial charge on any atom is -0.252 e. The molecule has 0 radical (unpaired) electrons. The molecule has 0 fully saturated rings. The third-order valence-electron chi connectivity index (χ3n) is 5.66. The fourth-order valence-electron chi connectivity index (χ4n) is 4.07. The summed E-state index contributed by atoms with van der Waals surface area (Å²) in [5.41, 5.74) is 5.09. The number of hydrogen-bond donors (Lipinski definition) is 0. The number of halogens is 1. The van der Waals surface area contributed by atoms with Crippen LogP contribution in [0.3, 0.4) is 0 Å². The number of pyridine rings is 1. The first kappa shape index (κ1) is 20.1. The van der Waals surface area contributed by atoms with Gasteiger partial charge in [-0.2, -0.15) is 5.10 Å². The van der Waals surface area contributed by atoms with Crippen LogP contribution in [0.4, 0.5) is 5.69 Å². The van der Waals surface area contributed by atoms with Gasteiger partial charge >= 0.3 is 0 Å². The summed E-state index contributed by atoms with van der Waals surface area (Å²) in [6, 6.07) is 26.6. The van der Waals surface area contributed by atoms with Crippen LogP contribution < -0.4 is 0 Å². The molecule has 2 aromatic heterocycles. The Morgan fingerprint density at radius 3 is 2.61 bits per heavy atom. The average Bonchev–Trinajstić information content (AvgIpc) is 3.31. The van der Waals surface area contributed by atoms with E-state index < -0.39 is 0 Å². The fraction of sp³-hybridized carbons (Fsp3) is 0.0769. The summed E-state index contributed by atoms with van der Waals surface area (Å²) in [5.74, 6) is 0.790. The zero-order chi connectivity index (χ0) is 22.2. The predicted molar refractivity (Wildman–Crippen MR) is 134 cm³/mol. The SMILES string of the molecule is Clc1ccc(C2=Nc3ccccc3SC(c3cc4ccccc4nc3-n3cncn3)C2)cc1. The maximum atomic E-state index is 6.15. The van der Waals surface area contributed by atoms with Gasteiger partial charge in [0.25, 0.3) is 0 Å². The zero-order valence-electron chi connectivity index (χ0n) is 17.5. The number of nitrogens with zero attached hydrogens (tertiary/aromatic N) is 5. The van der Waals surface area contributed by atoms with Crippen molar-refractivity contribution >= 4 is 45.7 Å². The smallest absolute Gasteiger partial charge is 0.160 e. The van der Waals surface area contributed by atoms with E-state index in [9.17, 15) is 0 Å². The van der Waals surface area contributed by atoms with E-state index >= 15 is 0 Å². The first-order valence-electron chi connectivity index (χ1n) is 10.6. The van der Waals surface area contributed by atoms with Crippen LogP contribution in [0.5, 0.6) is 0 Å². The summed E-state index contributed by atoms with van der Waals surface area (Å²) in [7, 11) is 0. The normalized spacial score (nSPS) is 15.7. The van der Waals surface area contributed by atoms with Crippen LogP contribution >= 0.6 is 23.4 Å². The molecule has 3 heterocycles. The molecule has 6 rings (SSSR count). The molecule has 0 aliphatic carbocycles. The molecule has 0 saturated carbocycles. The molecule has 7 heteroatoms. The summed E-state index contributed by atoms with van der Waals surface area (Å²) in [6.45, 7) is 0. The predicted octanol–water partition coefficient (Wildman–Crippen LogP) is 6.83. The number of benzene rings is 3.